The minimum atomic E-state index is -0.713. The van der Waals surface area contributed by atoms with E-state index in [1.54, 1.807) is 38.1 Å². The van der Waals surface area contributed by atoms with Crippen molar-refractivity contribution < 1.29 is 28.3 Å². The Bertz CT molecular complexity index is 1140. The number of hydrogen-bond donors (Lipinski definition) is 1. The van der Waals surface area contributed by atoms with Crippen LogP contribution in [-0.2, 0) is 16.1 Å². The molecular formula is C23H22FN3O5. The molecule has 1 atom stereocenters. The monoisotopic (exact) mass is 439 g/mol. The average molecular weight is 439 g/mol. The molecule has 2 heterocycles. The molecule has 1 saturated heterocycles. The highest BCUT2D eigenvalue weighted by atomic mass is 19.1. The summed E-state index contributed by atoms with van der Waals surface area (Å²) in [6.07, 6.45) is -0.246. The minimum Gasteiger partial charge on any atom is -0.410 e. The third kappa shape index (κ3) is 3.81. The Kier molecular flexibility index (Phi) is 5.41. The van der Waals surface area contributed by atoms with Crippen molar-refractivity contribution in [2.75, 3.05) is 11.9 Å². The highest BCUT2D eigenvalue weighted by Gasteiger charge is 2.39. The molecule has 2 aliphatic rings. The molecule has 2 aromatic rings. The van der Waals surface area contributed by atoms with Gasteiger partial charge in [0.2, 0.25) is 11.8 Å². The zero-order chi connectivity index (χ0) is 23.2. The zero-order valence-corrected chi connectivity index (χ0v) is 17.9. The number of anilines is 1. The van der Waals surface area contributed by atoms with Gasteiger partial charge in [-0.1, -0.05) is 6.07 Å². The highest BCUT2D eigenvalue weighted by Crippen LogP contribution is 2.30. The third-order valence-electron chi connectivity index (χ3n) is 5.79. The lowest BCUT2D eigenvalue weighted by atomic mass is 10.0. The summed E-state index contributed by atoms with van der Waals surface area (Å²) in [6.45, 7) is 3.47. The molecular weight excluding hydrogens is 417 g/mol. The lowest BCUT2D eigenvalue weighted by Gasteiger charge is -2.29. The summed E-state index contributed by atoms with van der Waals surface area (Å²) in [5, 5.41) is 2.26. The molecule has 9 heteroatoms. The summed E-state index contributed by atoms with van der Waals surface area (Å²) >= 11 is 0. The van der Waals surface area contributed by atoms with Crippen molar-refractivity contribution in [2.45, 2.75) is 39.3 Å². The zero-order valence-electron chi connectivity index (χ0n) is 17.9. The number of rotatable bonds is 3. The van der Waals surface area contributed by atoms with Crippen molar-refractivity contribution in [1.29, 1.82) is 0 Å². The number of piperidine rings is 1. The molecule has 2 aliphatic heterocycles. The molecule has 0 aromatic heterocycles. The van der Waals surface area contributed by atoms with Crippen LogP contribution in [0.2, 0.25) is 0 Å². The van der Waals surface area contributed by atoms with Crippen molar-refractivity contribution in [1.82, 2.24) is 10.2 Å². The maximum Gasteiger partial charge on any atom is 0.419 e. The second kappa shape index (κ2) is 8.07. The molecule has 0 spiro atoms. The van der Waals surface area contributed by atoms with Gasteiger partial charge in [0.05, 0.1) is 0 Å². The number of carbonyl (C=O) groups excluding carboxylic acids is 4. The van der Waals surface area contributed by atoms with Gasteiger partial charge in [-0.3, -0.25) is 24.6 Å². The summed E-state index contributed by atoms with van der Waals surface area (Å²) in [4.78, 5) is 51.7. The number of halogens is 1. The molecule has 0 radical (unpaired) electrons. The number of benzene rings is 2. The Morgan fingerprint density at radius 1 is 1.16 bits per heavy atom. The first-order valence-corrected chi connectivity index (χ1v) is 10.2. The molecule has 1 unspecified atom stereocenters. The number of aryl methyl sites for hydroxylation is 2. The fraction of sp³-hybridized carbons (Fsp3) is 0.304. The van der Waals surface area contributed by atoms with Crippen LogP contribution in [0, 0.1) is 19.7 Å². The SMILES string of the molecule is Cc1cc(N(C)C(=O)Oc2ccc3c(c2)C(=O)N(C2CCC(=O)NC2=O)C3)cc(C)c1F. The van der Waals surface area contributed by atoms with Crippen molar-refractivity contribution in [3.05, 3.63) is 58.4 Å². The molecule has 1 N–H and O–H groups in total. The largest absolute Gasteiger partial charge is 0.419 e. The van der Waals surface area contributed by atoms with Crippen LogP contribution in [0.4, 0.5) is 14.9 Å². The number of carbonyl (C=O) groups is 4. The first kappa shape index (κ1) is 21.5. The number of ether oxygens (including phenoxy) is 1. The highest BCUT2D eigenvalue weighted by molar-refractivity contribution is 6.05. The van der Waals surface area contributed by atoms with E-state index < -0.39 is 18.0 Å². The molecule has 4 rings (SSSR count). The lowest BCUT2D eigenvalue weighted by Crippen LogP contribution is -2.52. The van der Waals surface area contributed by atoms with Gasteiger partial charge in [0.15, 0.2) is 0 Å². The van der Waals surface area contributed by atoms with E-state index in [4.69, 9.17) is 4.74 Å². The third-order valence-corrected chi connectivity index (χ3v) is 5.79. The van der Waals surface area contributed by atoms with Gasteiger partial charge in [0, 0.05) is 31.3 Å². The quantitative estimate of drug-likeness (QED) is 0.742. The number of hydrogen-bond acceptors (Lipinski definition) is 5. The molecule has 2 aromatic carbocycles. The first-order valence-electron chi connectivity index (χ1n) is 10.2. The van der Waals surface area contributed by atoms with E-state index in [2.05, 4.69) is 5.32 Å². The molecule has 0 saturated carbocycles. The smallest absolute Gasteiger partial charge is 0.410 e. The molecule has 166 valence electrons. The van der Waals surface area contributed by atoms with E-state index in [-0.39, 0.29) is 42.8 Å². The van der Waals surface area contributed by atoms with Crippen molar-refractivity contribution >= 4 is 29.5 Å². The number of fused-ring (bicyclic) bond motifs is 1. The maximum absolute atomic E-state index is 13.9. The second-order valence-electron chi connectivity index (χ2n) is 8.04. The van der Waals surface area contributed by atoms with Gasteiger partial charge in [-0.15, -0.1) is 0 Å². The Balaban J connectivity index is 1.49. The molecule has 1 fully saturated rings. The van der Waals surface area contributed by atoms with E-state index in [0.717, 1.165) is 0 Å². The Morgan fingerprint density at radius 2 is 1.84 bits per heavy atom. The van der Waals surface area contributed by atoms with Gasteiger partial charge < -0.3 is 9.64 Å². The van der Waals surface area contributed by atoms with E-state index in [0.29, 0.717) is 27.9 Å². The number of nitrogens with zero attached hydrogens (tertiary/aromatic N) is 2. The van der Waals surface area contributed by atoms with Crippen LogP contribution in [0.3, 0.4) is 0 Å². The van der Waals surface area contributed by atoms with Crippen LogP contribution >= 0.6 is 0 Å². The van der Waals surface area contributed by atoms with Crippen LogP contribution in [0.1, 0.15) is 39.9 Å². The minimum absolute atomic E-state index is 0.175. The molecule has 0 bridgehead atoms. The van der Waals surface area contributed by atoms with E-state index in [1.807, 2.05) is 0 Å². The fourth-order valence-electron chi connectivity index (χ4n) is 3.99. The predicted molar refractivity (Wildman–Crippen MR) is 113 cm³/mol. The van der Waals surface area contributed by atoms with Crippen LogP contribution in [0.15, 0.2) is 30.3 Å². The van der Waals surface area contributed by atoms with Gasteiger partial charge >= 0.3 is 6.09 Å². The average Bonchev–Trinajstić information content (AvgIpc) is 3.07. The van der Waals surface area contributed by atoms with Gasteiger partial charge in [0.25, 0.3) is 5.91 Å². The summed E-state index contributed by atoms with van der Waals surface area (Å²) in [6, 6.07) is 7.10. The molecule has 8 nitrogen and oxygen atoms in total. The number of imide groups is 1. The van der Waals surface area contributed by atoms with Gasteiger partial charge in [0.1, 0.15) is 17.6 Å². The van der Waals surface area contributed by atoms with Gasteiger partial charge in [-0.05, 0) is 61.2 Å². The van der Waals surface area contributed by atoms with Gasteiger partial charge in [-0.25, -0.2) is 9.18 Å². The van der Waals surface area contributed by atoms with Crippen molar-refractivity contribution in [3.8, 4) is 5.75 Å². The van der Waals surface area contributed by atoms with Crippen LogP contribution < -0.4 is 15.0 Å². The van der Waals surface area contributed by atoms with Crippen molar-refractivity contribution in [3.63, 3.8) is 0 Å². The normalized spacial score (nSPS) is 17.8. The van der Waals surface area contributed by atoms with Crippen LogP contribution in [-0.4, -0.2) is 41.8 Å². The molecule has 4 amide bonds. The standard InChI is InChI=1S/C23H22FN3O5/c1-12-8-15(9-13(2)20(12)24)26(3)23(31)32-16-5-4-14-11-27(22(30)17(14)10-16)18-6-7-19(28)25-21(18)29/h4-5,8-10,18H,6-7,11H2,1-3H3,(H,25,28,29). The van der Waals surface area contributed by atoms with Crippen molar-refractivity contribution in [2.24, 2.45) is 0 Å². The molecule has 32 heavy (non-hydrogen) atoms. The maximum atomic E-state index is 13.9. The topological polar surface area (TPSA) is 96.0 Å². The summed E-state index contributed by atoms with van der Waals surface area (Å²) in [5.41, 5.74) is 2.36. The fourth-order valence-corrected chi connectivity index (χ4v) is 3.99. The van der Waals surface area contributed by atoms with Crippen LogP contribution in [0.5, 0.6) is 5.75 Å². The summed E-state index contributed by atoms with van der Waals surface area (Å²) < 4.78 is 19.3. The first-order chi connectivity index (χ1) is 15.2. The second-order valence-corrected chi connectivity index (χ2v) is 8.04. The van der Waals surface area contributed by atoms with Crippen LogP contribution in [0.25, 0.3) is 0 Å². The molecule has 0 aliphatic carbocycles. The van der Waals surface area contributed by atoms with Gasteiger partial charge in [-0.2, -0.15) is 0 Å². The lowest BCUT2D eigenvalue weighted by molar-refractivity contribution is -0.136. The van der Waals surface area contributed by atoms with E-state index >= 15 is 0 Å². The Hall–Kier alpha value is -3.75. The van der Waals surface area contributed by atoms with E-state index in [9.17, 15) is 23.6 Å². The Labute approximate surface area is 183 Å². The predicted octanol–water partition coefficient (Wildman–Crippen LogP) is 2.84. The number of nitrogens with one attached hydrogen (secondary N) is 1. The summed E-state index contributed by atoms with van der Waals surface area (Å²) in [5.74, 6) is -1.34. The summed E-state index contributed by atoms with van der Waals surface area (Å²) in [7, 11) is 1.51. The Morgan fingerprint density at radius 3 is 2.50 bits per heavy atom. The van der Waals surface area contributed by atoms with E-state index in [1.165, 1.54) is 22.9 Å². The number of amides is 4.